The van der Waals surface area contributed by atoms with Gasteiger partial charge in [0.1, 0.15) is 0 Å². The van der Waals surface area contributed by atoms with Gasteiger partial charge in [-0.1, -0.05) is 23.5 Å². The van der Waals surface area contributed by atoms with Gasteiger partial charge < -0.3 is 23.7 Å². The van der Waals surface area contributed by atoms with Gasteiger partial charge in [-0.05, 0) is 62.2 Å². The molecule has 0 unspecified atom stereocenters. The maximum absolute atomic E-state index is 13.8. The first-order valence-electron chi connectivity index (χ1n) is 12.2. The van der Waals surface area contributed by atoms with E-state index < -0.39 is 12.0 Å². The van der Waals surface area contributed by atoms with E-state index in [9.17, 15) is 9.59 Å². The van der Waals surface area contributed by atoms with Crippen molar-refractivity contribution in [2.75, 3.05) is 34.0 Å². The topological polar surface area (TPSA) is 97.6 Å². The summed E-state index contributed by atoms with van der Waals surface area (Å²) in [7, 11) is 2.87. The molecule has 0 N–H and O–H groups in total. The van der Waals surface area contributed by atoms with Crippen LogP contribution in [-0.2, 0) is 9.53 Å². The molecule has 0 spiro atoms. The van der Waals surface area contributed by atoms with Gasteiger partial charge in [-0.2, -0.15) is 0 Å². The van der Waals surface area contributed by atoms with Gasteiger partial charge >= 0.3 is 5.97 Å². The number of esters is 1. The van der Waals surface area contributed by atoms with Crippen LogP contribution in [-0.4, -0.2) is 44.6 Å². The van der Waals surface area contributed by atoms with E-state index in [-0.39, 0.29) is 11.1 Å². The average molecular weight is 539 g/mol. The Morgan fingerprint density at radius 1 is 0.947 bits per heavy atom. The molecule has 9 nitrogen and oxygen atoms in total. The smallest absolute Gasteiger partial charge is 0.337 e. The Hall–Kier alpha value is -4.05. The molecule has 1 atom stereocenters. The lowest BCUT2D eigenvalue weighted by Crippen LogP contribution is -2.39. The van der Waals surface area contributed by atoms with E-state index in [2.05, 4.69) is 4.99 Å². The van der Waals surface area contributed by atoms with Crippen LogP contribution in [0, 0.1) is 0 Å². The third-order valence-electron chi connectivity index (χ3n) is 5.79. The van der Waals surface area contributed by atoms with E-state index in [0.717, 1.165) is 5.56 Å². The highest BCUT2D eigenvalue weighted by Crippen LogP contribution is 2.35. The number of carbonyl (C=O) groups excluding carboxylic acids is 1. The molecular formula is C28H30N2O7S. The van der Waals surface area contributed by atoms with Gasteiger partial charge in [-0.15, -0.1) is 0 Å². The normalized spacial score (nSPS) is 14.7. The summed E-state index contributed by atoms with van der Waals surface area (Å²) in [5.74, 6) is 1.72. The van der Waals surface area contributed by atoms with Crippen LogP contribution in [0.4, 0.5) is 0 Å². The van der Waals surface area contributed by atoms with E-state index in [1.54, 1.807) is 37.5 Å². The number of benzene rings is 2. The van der Waals surface area contributed by atoms with Crippen LogP contribution in [0.3, 0.4) is 0 Å². The molecule has 0 fully saturated rings. The van der Waals surface area contributed by atoms with Crippen molar-refractivity contribution in [1.82, 2.24) is 4.57 Å². The Bertz CT molecular complexity index is 1540. The molecule has 0 aliphatic carbocycles. The SMILES string of the molecule is CCOc1ccc(/C=c2\sc3n(c2=O)[C@@H](c2ccc(OCC)c(OCC)c2)C(C(=O)OC)=CN=3)cc1OC. The van der Waals surface area contributed by atoms with Crippen molar-refractivity contribution in [3.05, 3.63) is 79.0 Å². The van der Waals surface area contributed by atoms with Crippen molar-refractivity contribution in [2.24, 2.45) is 4.99 Å². The van der Waals surface area contributed by atoms with Gasteiger partial charge in [-0.3, -0.25) is 9.36 Å². The molecule has 0 saturated heterocycles. The molecule has 0 bridgehead atoms. The van der Waals surface area contributed by atoms with Crippen LogP contribution >= 0.6 is 11.3 Å². The van der Waals surface area contributed by atoms with Gasteiger partial charge in [0.25, 0.3) is 5.56 Å². The van der Waals surface area contributed by atoms with Gasteiger partial charge in [-0.25, -0.2) is 9.79 Å². The fourth-order valence-electron chi connectivity index (χ4n) is 4.19. The molecule has 10 heteroatoms. The molecule has 3 aromatic rings. The van der Waals surface area contributed by atoms with Crippen molar-refractivity contribution >= 4 is 23.4 Å². The summed E-state index contributed by atoms with van der Waals surface area (Å²) in [6.45, 7) is 7.07. The first-order valence-corrected chi connectivity index (χ1v) is 13.1. The molecule has 0 radical (unpaired) electrons. The van der Waals surface area contributed by atoms with Crippen molar-refractivity contribution in [3.63, 3.8) is 0 Å². The quantitative estimate of drug-likeness (QED) is 0.366. The van der Waals surface area contributed by atoms with Crippen LogP contribution in [0.5, 0.6) is 23.0 Å². The standard InChI is InChI=1S/C28H30N2O7S/c1-6-35-20-11-9-17(13-22(20)33-4)14-24-26(31)30-25(19(27(32)34-5)16-29-28(30)38-24)18-10-12-21(36-7-2)23(15-18)37-8-3/h9-16,25H,6-8H2,1-5H3/b24-14-/t25-/m0/s1. The maximum atomic E-state index is 13.8. The molecule has 0 saturated carbocycles. The number of aromatic nitrogens is 1. The van der Waals surface area contributed by atoms with Gasteiger partial charge in [0, 0.05) is 6.20 Å². The predicted molar refractivity (Wildman–Crippen MR) is 144 cm³/mol. The Morgan fingerprint density at radius 3 is 2.26 bits per heavy atom. The summed E-state index contributed by atoms with van der Waals surface area (Å²) in [4.78, 5) is 31.4. The summed E-state index contributed by atoms with van der Waals surface area (Å²) in [5.41, 5.74) is 1.38. The number of thiazole rings is 1. The molecule has 2 aromatic carbocycles. The number of hydrogen-bond donors (Lipinski definition) is 0. The molecular weight excluding hydrogens is 508 g/mol. The predicted octanol–water partition coefficient (Wildman–Crippen LogP) is 3.22. The number of ether oxygens (including phenoxy) is 5. The minimum atomic E-state index is -0.759. The van der Waals surface area contributed by atoms with Gasteiger partial charge in [0.15, 0.2) is 27.8 Å². The Morgan fingerprint density at radius 2 is 1.61 bits per heavy atom. The molecule has 4 rings (SSSR count). The highest BCUT2D eigenvalue weighted by atomic mass is 32.1. The number of nitrogens with zero attached hydrogens (tertiary/aromatic N) is 2. The number of hydrogen-bond acceptors (Lipinski definition) is 9. The molecule has 2 heterocycles. The van der Waals surface area contributed by atoms with Crippen molar-refractivity contribution in [2.45, 2.75) is 26.8 Å². The third kappa shape index (κ3) is 5.31. The van der Waals surface area contributed by atoms with E-state index in [0.29, 0.717) is 57.7 Å². The van der Waals surface area contributed by atoms with Crippen molar-refractivity contribution < 1.29 is 28.5 Å². The Labute approximate surface area is 224 Å². The minimum Gasteiger partial charge on any atom is -0.493 e. The highest BCUT2D eigenvalue weighted by Gasteiger charge is 2.31. The maximum Gasteiger partial charge on any atom is 0.337 e. The fourth-order valence-corrected chi connectivity index (χ4v) is 5.16. The van der Waals surface area contributed by atoms with Gasteiger partial charge in [0.05, 0.1) is 50.2 Å². The van der Waals surface area contributed by atoms with Crippen LogP contribution in [0.25, 0.3) is 6.08 Å². The van der Waals surface area contributed by atoms with E-state index in [1.807, 2.05) is 32.9 Å². The second-order valence-electron chi connectivity index (χ2n) is 8.09. The summed E-state index contributed by atoms with van der Waals surface area (Å²) in [5, 5.41) is 0. The second-order valence-corrected chi connectivity index (χ2v) is 9.10. The molecule has 1 aliphatic heterocycles. The first kappa shape index (κ1) is 27.0. The Kier molecular flexibility index (Phi) is 8.52. The Balaban J connectivity index is 1.87. The molecule has 0 amide bonds. The zero-order valence-corrected chi connectivity index (χ0v) is 22.8. The zero-order valence-electron chi connectivity index (χ0n) is 22.0. The highest BCUT2D eigenvalue weighted by molar-refractivity contribution is 7.07. The third-order valence-corrected chi connectivity index (χ3v) is 6.79. The van der Waals surface area contributed by atoms with E-state index in [4.69, 9.17) is 23.7 Å². The van der Waals surface area contributed by atoms with Crippen molar-refractivity contribution in [1.29, 1.82) is 0 Å². The van der Waals surface area contributed by atoms with E-state index in [1.165, 1.54) is 29.2 Å². The minimum absolute atomic E-state index is 0.237. The largest absolute Gasteiger partial charge is 0.493 e. The van der Waals surface area contributed by atoms with Crippen LogP contribution in [0.15, 0.2) is 58.0 Å². The summed E-state index contributed by atoms with van der Waals surface area (Å²) < 4.78 is 29.5. The monoisotopic (exact) mass is 538 g/mol. The summed E-state index contributed by atoms with van der Waals surface area (Å²) in [6.07, 6.45) is 3.23. The summed E-state index contributed by atoms with van der Waals surface area (Å²) >= 11 is 1.23. The molecule has 200 valence electrons. The first-order chi connectivity index (χ1) is 18.4. The molecule has 1 aromatic heterocycles. The molecule has 1 aliphatic rings. The average Bonchev–Trinajstić information content (AvgIpc) is 3.24. The molecule has 38 heavy (non-hydrogen) atoms. The van der Waals surface area contributed by atoms with Crippen LogP contribution in [0.1, 0.15) is 37.9 Å². The summed E-state index contributed by atoms with van der Waals surface area (Å²) in [6, 6.07) is 10.1. The van der Waals surface area contributed by atoms with Crippen LogP contribution in [0.2, 0.25) is 0 Å². The van der Waals surface area contributed by atoms with E-state index >= 15 is 0 Å². The van der Waals surface area contributed by atoms with Gasteiger partial charge in [0.2, 0.25) is 0 Å². The number of rotatable bonds is 10. The number of carbonyl (C=O) groups is 1. The van der Waals surface area contributed by atoms with Crippen molar-refractivity contribution in [3.8, 4) is 23.0 Å². The number of methoxy groups -OCH3 is 2. The lowest BCUT2D eigenvalue weighted by molar-refractivity contribution is -0.136. The fraction of sp³-hybridized carbons (Fsp3) is 0.321. The zero-order chi connectivity index (χ0) is 27.2. The second kappa shape index (κ2) is 12.0. The lowest BCUT2D eigenvalue weighted by atomic mass is 9.97. The number of fused-ring (bicyclic) bond motifs is 1. The lowest BCUT2D eigenvalue weighted by Gasteiger charge is -2.23. The van der Waals surface area contributed by atoms with Crippen LogP contribution < -0.4 is 33.8 Å².